The molecule has 0 bridgehead atoms. The van der Waals surface area contributed by atoms with E-state index in [-0.39, 0.29) is 6.04 Å². The smallest absolute Gasteiger partial charge is 0.0698 e. The third-order valence-corrected chi connectivity index (χ3v) is 3.65. The first-order chi connectivity index (χ1) is 8.85. The molecule has 0 aliphatic carbocycles. The molecule has 0 amide bonds. The predicted octanol–water partition coefficient (Wildman–Crippen LogP) is 2.75. The van der Waals surface area contributed by atoms with Crippen LogP contribution in [0.1, 0.15) is 30.9 Å². The molecule has 0 N–H and O–H groups in total. The van der Waals surface area contributed by atoms with Crippen LogP contribution in [0.3, 0.4) is 0 Å². The van der Waals surface area contributed by atoms with Crippen LogP contribution in [0.15, 0.2) is 30.3 Å². The SMILES string of the molecule is COC1CCCN(C(CC#N)c2ccccc2)C1. The summed E-state index contributed by atoms with van der Waals surface area (Å²) in [5, 5.41) is 9.04. The van der Waals surface area contributed by atoms with Crippen LogP contribution in [0.5, 0.6) is 0 Å². The van der Waals surface area contributed by atoms with E-state index in [1.165, 1.54) is 5.56 Å². The van der Waals surface area contributed by atoms with Gasteiger partial charge in [-0.25, -0.2) is 0 Å². The Morgan fingerprint density at radius 2 is 2.22 bits per heavy atom. The number of hydrogen-bond donors (Lipinski definition) is 0. The highest BCUT2D eigenvalue weighted by molar-refractivity contribution is 5.20. The number of benzene rings is 1. The highest BCUT2D eigenvalue weighted by Crippen LogP contribution is 2.27. The quantitative estimate of drug-likeness (QED) is 0.817. The van der Waals surface area contributed by atoms with Crippen molar-refractivity contribution in [2.75, 3.05) is 20.2 Å². The molecule has 0 spiro atoms. The van der Waals surface area contributed by atoms with Crippen molar-refractivity contribution in [1.82, 2.24) is 4.90 Å². The standard InChI is InChI=1S/C15H20N2O/c1-18-14-8-5-11-17(12-14)15(9-10-16)13-6-3-2-4-7-13/h2-4,6-7,14-15H,5,8-9,11-12H2,1H3. The first kappa shape index (κ1) is 13.1. The maximum absolute atomic E-state index is 9.04. The number of nitrogens with zero attached hydrogens (tertiary/aromatic N) is 2. The molecule has 1 aromatic rings. The fraction of sp³-hybridized carbons (Fsp3) is 0.533. The van der Waals surface area contributed by atoms with E-state index in [9.17, 15) is 0 Å². The lowest BCUT2D eigenvalue weighted by Gasteiger charge is -2.37. The first-order valence-electron chi connectivity index (χ1n) is 6.54. The molecule has 0 radical (unpaired) electrons. The summed E-state index contributed by atoms with van der Waals surface area (Å²) in [5.41, 5.74) is 1.23. The zero-order valence-electron chi connectivity index (χ0n) is 10.9. The molecule has 2 unspecified atom stereocenters. The van der Waals surface area contributed by atoms with Gasteiger partial charge < -0.3 is 4.74 Å². The zero-order valence-corrected chi connectivity index (χ0v) is 10.9. The summed E-state index contributed by atoms with van der Waals surface area (Å²) in [4.78, 5) is 2.39. The summed E-state index contributed by atoms with van der Waals surface area (Å²) >= 11 is 0. The van der Waals surface area contributed by atoms with E-state index >= 15 is 0 Å². The summed E-state index contributed by atoms with van der Waals surface area (Å²) in [6.07, 6.45) is 3.12. The van der Waals surface area contributed by atoms with Crippen LogP contribution in [0.2, 0.25) is 0 Å². The molecule has 1 heterocycles. The lowest BCUT2D eigenvalue weighted by Crippen LogP contribution is -2.41. The van der Waals surface area contributed by atoms with Crippen LogP contribution in [0, 0.1) is 11.3 Å². The molecule has 18 heavy (non-hydrogen) atoms. The maximum Gasteiger partial charge on any atom is 0.0698 e. The summed E-state index contributed by atoms with van der Waals surface area (Å²) in [5.74, 6) is 0. The second-order valence-corrected chi connectivity index (χ2v) is 4.78. The van der Waals surface area contributed by atoms with Crippen molar-refractivity contribution in [2.24, 2.45) is 0 Å². The van der Waals surface area contributed by atoms with Gasteiger partial charge in [-0.3, -0.25) is 4.90 Å². The van der Waals surface area contributed by atoms with Crippen molar-refractivity contribution >= 4 is 0 Å². The molecular formula is C15H20N2O. The molecule has 1 saturated heterocycles. The van der Waals surface area contributed by atoms with Gasteiger partial charge in [-0.05, 0) is 24.9 Å². The molecule has 1 fully saturated rings. The van der Waals surface area contributed by atoms with Gasteiger partial charge in [0.1, 0.15) is 0 Å². The van der Waals surface area contributed by atoms with Crippen LogP contribution in [0.25, 0.3) is 0 Å². The molecule has 2 atom stereocenters. The minimum atomic E-state index is 0.203. The molecule has 3 heteroatoms. The second-order valence-electron chi connectivity index (χ2n) is 4.78. The molecule has 1 aromatic carbocycles. The van der Waals surface area contributed by atoms with Gasteiger partial charge in [-0.2, -0.15) is 5.26 Å². The number of piperidine rings is 1. The Hall–Kier alpha value is -1.37. The van der Waals surface area contributed by atoms with Gasteiger partial charge in [0.2, 0.25) is 0 Å². The van der Waals surface area contributed by atoms with Crippen molar-refractivity contribution in [3.63, 3.8) is 0 Å². The van der Waals surface area contributed by atoms with E-state index in [0.717, 1.165) is 25.9 Å². The Morgan fingerprint density at radius 1 is 1.44 bits per heavy atom. The first-order valence-corrected chi connectivity index (χ1v) is 6.54. The van der Waals surface area contributed by atoms with Gasteiger partial charge in [0.25, 0.3) is 0 Å². The highest BCUT2D eigenvalue weighted by Gasteiger charge is 2.26. The number of ether oxygens (including phenoxy) is 1. The van der Waals surface area contributed by atoms with Crippen molar-refractivity contribution in [3.8, 4) is 6.07 Å². The lowest BCUT2D eigenvalue weighted by atomic mass is 9.98. The van der Waals surface area contributed by atoms with Gasteiger partial charge in [0.15, 0.2) is 0 Å². The number of rotatable bonds is 4. The van der Waals surface area contributed by atoms with Crippen LogP contribution in [-0.4, -0.2) is 31.2 Å². The molecule has 0 aromatic heterocycles. The van der Waals surface area contributed by atoms with Gasteiger partial charge in [0.05, 0.1) is 18.6 Å². The summed E-state index contributed by atoms with van der Waals surface area (Å²) in [7, 11) is 1.77. The van der Waals surface area contributed by atoms with Crippen LogP contribution >= 0.6 is 0 Å². The lowest BCUT2D eigenvalue weighted by molar-refractivity contribution is 0.0147. The Kier molecular flexibility index (Phi) is 4.74. The van der Waals surface area contributed by atoms with Gasteiger partial charge in [-0.1, -0.05) is 30.3 Å². The summed E-state index contributed by atoms with van der Waals surface area (Å²) < 4.78 is 5.46. The molecule has 2 rings (SSSR count). The van der Waals surface area contributed by atoms with E-state index in [1.807, 2.05) is 18.2 Å². The minimum Gasteiger partial charge on any atom is -0.380 e. The van der Waals surface area contributed by atoms with Gasteiger partial charge in [-0.15, -0.1) is 0 Å². The Bertz CT molecular complexity index is 399. The summed E-state index contributed by atoms with van der Waals surface area (Å²) in [6, 6.07) is 12.8. The van der Waals surface area contributed by atoms with Crippen molar-refractivity contribution in [2.45, 2.75) is 31.4 Å². The average molecular weight is 244 g/mol. The van der Waals surface area contributed by atoms with Crippen LogP contribution < -0.4 is 0 Å². The van der Waals surface area contributed by atoms with E-state index in [2.05, 4.69) is 23.1 Å². The molecule has 96 valence electrons. The normalized spacial score (nSPS) is 22.3. The van der Waals surface area contributed by atoms with E-state index in [1.54, 1.807) is 7.11 Å². The number of methoxy groups -OCH3 is 1. The van der Waals surface area contributed by atoms with Crippen molar-refractivity contribution < 1.29 is 4.74 Å². The van der Waals surface area contributed by atoms with E-state index in [0.29, 0.717) is 12.5 Å². The number of hydrogen-bond acceptors (Lipinski definition) is 3. The monoisotopic (exact) mass is 244 g/mol. The third-order valence-electron chi connectivity index (χ3n) is 3.65. The Labute approximate surface area is 109 Å². The van der Waals surface area contributed by atoms with Gasteiger partial charge >= 0.3 is 0 Å². The fourth-order valence-corrected chi connectivity index (χ4v) is 2.66. The van der Waals surface area contributed by atoms with E-state index in [4.69, 9.17) is 10.00 Å². The fourth-order valence-electron chi connectivity index (χ4n) is 2.66. The number of likely N-dealkylation sites (tertiary alicyclic amines) is 1. The topological polar surface area (TPSA) is 36.3 Å². The molecule has 1 aliphatic rings. The van der Waals surface area contributed by atoms with Crippen molar-refractivity contribution in [1.29, 1.82) is 5.26 Å². The molecule has 0 saturated carbocycles. The number of nitriles is 1. The predicted molar refractivity (Wildman–Crippen MR) is 71.0 cm³/mol. The zero-order chi connectivity index (χ0) is 12.8. The second kappa shape index (κ2) is 6.53. The maximum atomic E-state index is 9.04. The van der Waals surface area contributed by atoms with Gasteiger partial charge in [0, 0.05) is 19.7 Å². The van der Waals surface area contributed by atoms with Crippen LogP contribution in [-0.2, 0) is 4.74 Å². The molecular weight excluding hydrogens is 224 g/mol. The highest BCUT2D eigenvalue weighted by atomic mass is 16.5. The van der Waals surface area contributed by atoms with Crippen LogP contribution in [0.4, 0.5) is 0 Å². The average Bonchev–Trinajstić information content (AvgIpc) is 2.46. The third kappa shape index (κ3) is 3.10. The van der Waals surface area contributed by atoms with Crippen molar-refractivity contribution in [3.05, 3.63) is 35.9 Å². The van der Waals surface area contributed by atoms with E-state index < -0.39 is 0 Å². The Balaban J connectivity index is 2.13. The largest absolute Gasteiger partial charge is 0.380 e. The Morgan fingerprint density at radius 3 is 2.89 bits per heavy atom. The molecule has 1 aliphatic heterocycles. The summed E-state index contributed by atoms with van der Waals surface area (Å²) in [6.45, 7) is 1.98. The molecule has 3 nitrogen and oxygen atoms in total. The minimum absolute atomic E-state index is 0.203.